The molecule has 3 aromatic rings. The van der Waals surface area contributed by atoms with Gasteiger partial charge < -0.3 is 15.0 Å². The van der Waals surface area contributed by atoms with Crippen molar-refractivity contribution in [2.24, 2.45) is 0 Å². The van der Waals surface area contributed by atoms with E-state index in [0.29, 0.717) is 19.0 Å². The number of carbonyl (C=O) groups is 1. The molecule has 4 rings (SSSR count). The molecule has 2 aromatic carbocycles. The Labute approximate surface area is 166 Å². The zero-order chi connectivity index (χ0) is 20.2. The molecule has 0 aliphatic carbocycles. The van der Waals surface area contributed by atoms with Crippen LogP contribution in [0.3, 0.4) is 0 Å². The standard InChI is InChI=1S/C18H12Cl2F3N3O2/c19-8-2-3-9(12(6-8)18(21,22)23)10-7-11(16(27)28)15-14(13(10)20)25-17-24-4-1-5-26(15)17/h2-3,6-7H,1,4-5H2,(H,24,25)(H,27,28). The van der Waals surface area contributed by atoms with Crippen LogP contribution in [0.1, 0.15) is 22.3 Å². The molecular weight excluding hydrogens is 418 g/mol. The lowest BCUT2D eigenvalue weighted by atomic mass is 9.96. The number of rotatable bonds is 2. The van der Waals surface area contributed by atoms with Gasteiger partial charge in [0, 0.05) is 23.7 Å². The fourth-order valence-corrected chi connectivity index (χ4v) is 3.88. The number of carboxylic acids is 1. The van der Waals surface area contributed by atoms with Crippen molar-refractivity contribution < 1.29 is 23.1 Å². The van der Waals surface area contributed by atoms with Crippen LogP contribution >= 0.6 is 23.2 Å². The smallest absolute Gasteiger partial charge is 0.417 e. The maximum Gasteiger partial charge on any atom is 0.417 e. The number of hydrogen-bond donors (Lipinski definition) is 2. The van der Waals surface area contributed by atoms with Crippen molar-refractivity contribution in [2.75, 3.05) is 11.9 Å². The minimum Gasteiger partial charge on any atom is -0.478 e. The number of aromatic nitrogens is 2. The second-order valence-corrected chi connectivity index (χ2v) is 7.16. The molecule has 2 N–H and O–H groups in total. The highest BCUT2D eigenvalue weighted by Crippen LogP contribution is 2.44. The Morgan fingerprint density at radius 1 is 1.21 bits per heavy atom. The quantitative estimate of drug-likeness (QED) is 0.560. The van der Waals surface area contributed by atoms with Gasteiger partial charge in [-0.2, -0.15) is 13.2 Å². The summed E-state index contributed by atoms with van der Waals surface area (Å²) in [5, 5.41) is 12.6. The number of nitrogens with one attached hydrogen (secondary N) is 1. The summed E-state index contributed by atoms with van der Waals surface area (Å²) >= 11 is 12.2. The lowest BCUT2D eigenvalue weighted by Crippen LogP contribution is -2.17. The number of halogens is 5. The maximum atomic E-state index is 13.6. The molecule has 0 unspecified atom stereocenters. The molecule has 5 nitrogen and oxygen atoms in total. The number of hydrogen-bond acceptors (Lipinski definition) is 3. The predicted octanol–water partition coefficient (Wildman–Crippen LogP) is 5.54. The van der Waals surface area contributed by atoms with Gasteiger partial charge in [-0.05, 0) is 30.2 Å². The molecule has 1 aliphatic rings. The van der Waals surface area contributed by atoms with E-state index in [4.69, 9.17) is 23.2 Å². The fourth-order valence-electron chi connectivity index (χ4n) is 3.42. The van der Waals surface area contributed by atoms with Crippen LogP contribution in [0.25, 0.3) is 22.2 Å². The Hall–Kier alpha value is -2.45. The van der Waals surface area contributed by atoms with Gasteiger partial charge in [0.25, 0.3) is 0 Å². The first-order chi connectivity index (χ1) is 13.2. The molecule has 1 aliphatic heterocycles. The highest BCUT2D eigenvalue weighted by atomic mass is 35.5. The third-order valence-corrected chi connectivity index (χ3v) is 5.22. The first kappa shape index (κ1) is 18.9. The molecule has 0 saturated carbocycles. The molecule has 10 heteroatoms. The molecule has 0 saturated heterocycles. The Balaban J connectivity index is 2.08. The topological polar surface area (TPSA) is 67.1 Å². The summed E-state index contributed by atoms with van der Waals surface area (Å²) in [6.07, 6.45) is -3.94. The Kier molecular flexibility index (Phi) is 4.43. The minimum atomic E-state index is -4.70. The summed E-state index contributed by atoms with van der Waals surface area (Å²) in [7, 11) is 0. The largest absolute Gasteiger partial charge is 0.478 e. The fraction of sp³-hybridized carbons (Fsp3) is 0.222. The van der Waals surface area contributed by atoms with Crippen LogP contribution in [0.2, 0.25) is 10.0 Å². The van der Waals surface area contributed by atoms with E-state index >= 15 is 0 Å². The number of aryl methyl sites for hydroxylation is 1. The molecule has 146 valence electrons. The van der Waals surface area contributed by atoms with Gasteiger partial charge in [-0.15, -0.1) is 0 Å². The van der Waals surface area contributed by atoms with Crippen molar-refractivity contribution in [2.45, 2.75) is 19.1 Å². The number of carboxylic acid groups (broad SMARTS) is 1. The summed E-state index contributed by atoms with van der Waals surface area (Å²) in [5.74, 6) is -0.839. The van der Waals surface area contributed by atoms with Crippen molar-refractivity contribution in [3.8, 4) is 11.1 Å². The van der Waals surface area contributed by atoms with Crippen LogP contribution < -0.4 is 5.32 Å². The van der Waals surface area contributed by atoms with Crippen LogP contribution in [0, 0.1) is 0 Å². The molecule has 0 bridgehead atoms. The van der Waals surface area contributed by atoms with E-state index in [0.717, 1.165) is 18.6 Å². The van der Waals surface area contributed by atoms with E-state index in [1.807, 2.05) is 0 Å². The van der Waals surface area contributed by atoms with Crippen LogP contribution in [-0.4, -0.2) is 27.2 Å². The lowest BCUT2D eigenvalue weighted by molar-refractivity contribution is -0.137. The van der Waals surface area contributed by atoms with E-state index in [1.165, 1.54) is 12.1 Å². The van der Waals surface area contributed by atoms with Gasteiger partial charge in [-0.25, -0.2) is 9.78 Å². The summed E-state index contributed by atoms with van der Waals surface area (Å²) in [6.45, 7) is 1.19. The van der Waals surface area contributed by atoms with Gasteiger partial charge in [0.1, 0.15) is 5.52 Å². The van der Waals surface area contributed by atoms with Crippen molar-refractivity contribution in [1.29, 1.82) is 0 Å². The minimum absolute atomic E-state index is 0.0449. The van der Waals surface area contributed by atoms with Crippen LogP contribution in [0.15, 0.2) is 24.3 Å². The third-order valence-electron chi connectivity index (χ3n) is 4.60. The average Bonchev–Trinajstić information content (AvgIpc) is 3.02. The zero-order valence-corrected chi connectivity index (χ0v) is 15.6. The van der Waals surface area contributed by atoms with E-state index in [1.54, 1.807) is 4.57 Å². The molecule has 0 amide bonds. The second-order valence-electron chi connectivity index (χ2n) is 6.34. The average molecular weight is 430 g/mol. The predicted molar refractivity (Wildman–Crippen MR) is 100 cm³/mol. The summed E-state index contributed by atoms with van der Waals surface area (Å²) in [5.41, 5.74) is -1.06. The third kappa shape index (κ3) is 2.97. The van der Waals surface area contributed by atoms with Crippen LogP contribution in [0.4, 0.5) is 19.1 Å². The van der Waals surface area contributed by atoms with Gasteiger partial charge in [0.05, 0.1) is 21.7 Å². The van der Waals surface area contributed by atoms with Crippen molar-refractivity contribution in [1.82, 2.24) is 9.55 Å². The van der Waals surface area contributed by atoms with E-state index in [-0.39, 0.29) is 37.8 Å². The summed E-state index contributed by atoms with van der Waals surface area (Å²) < 4.78 is 42.4. The number of aromatic carboxylic acids is 1. The Morgan fingerprint density at radius 3 is 2.64 bits per heavy atom. The maximum absolute atomic E-state index is 13.6. The number of anilines is 1. The molecule has 2 heterocycles. The molecule has 1 aromatic heterocycles. The molecule has 0 radical (unpaired) electrons. The van der Waals surface area contributed by atoms with E-state index in [2.05, 4.69) is 10.3 Å². The Morgan fingerprint density at radius 2 is 1.96 bits per heavy atom. The number of alkyl halides is 3. The number of fused-ring (bicyclic) bond motifs is 3. The van der Waals surface area contributed by atoms with Gasteiger partial charge in [0.15, 0.2) is 0 Å². The Bertz CT molecular complexity index is 1130. The van der Waals surface area contributed by atoms with Gasteiger partial charge in [-0.3, -0.25) is 0 Å². The molecule has 0 fully saturated rings. The van der Waals surface area contributed by atoms with Gasteiger partial charge >= 0.3 is 12.1 Å². The normalized spacial score (nSPS) is 14.0. The first-order valence-electron chi connectivity index (χ1n) is 8.25. The molecule has 0 spiro atoms. The van der Waals surface area contributed by atoms with Crippen molar-refractivity contribution in [3.05, 3.63) is 45.4 Å². The van der Waals surface area contributed by atoms with E-state index < -0.39 is 17.7 Å². The van der Waals surface area contributed by atoms with Gasteiger partial charge in [-0.1, -0.05) is 29.3 Å². The first-order valence-corrected chi connectivity index (χ1v) is 9.01. The van der Waals surface area contributed by atoms with Crippen LogP contribution in [0.5, 0.6) is 0 Å². The molecule has 28 heavy (non-hydrogen) atoms. The van der Waals surface area contributed by atoms with E-state index in [9.17, 15) is 23.1 Å². The number of benzene rings is 2. The lowest BCUT2D eigenvalue weighted by Gasteiger charge is -2.18. The summed E-state index contributed by atoms with van der Waals surface area (Å²) in [6, 6.07) is 4.43. The monoisotopic (exact) mass is 429 g/mol. The zero-order valence-electron chi connectivity index (χ0n) is 14.1. The molecule has 0 atom stereocenters. The second kappa shape index (κ2) is 6.56. The SMILES string of the molecule is O=C(O)c1cc(-c2ccc(Cl)cc2C(F)(F)F)c(Cl)c2nc3n(c12)CCCN3. The summed E-state index contributed by atoms with van der Waals surface area (Å²) in [4.78, 5) is 16.2. The van der Waals surface area contributed by atoms with Crippen LogP contribution in [-0.2, 0) is 12.7 Å². The highest BCUT2D eigenvalue weighted by molar-refractivity contribution is 6.38. The molecular formula is C18H12Cl2F3N3O2. The number of nitrogens with zero attached hydrogens (tertiary/aromatic N) is 2. The highest BCUT2D eigenvalue weighted by Gasteiger charge is 2.35. The van der Waals surface area contributed by atoms with Crippen molar-refractivity contribution in [3.63, 3.8) is 0 Å². The van der Waals surface area contributed by atoms with Gasteiger partial charge in [0.2, 0.25) is 5.95 Å². The number of imidazole rings is 1. The van der Waals surface area contributed by atoms with Crippen molar-refractivity contribution >= 4 is 46.2 Å².